The van der Waals surface area contributed by atoms with Crippen molar-refractivity contribution in [2.75, 3.05) is 32.8 Å². The fourth-order valence-corrected chi connectivity index (χ4v) is 3.40. The Morgan fingerprint density at radius 1 is 1.06 bits per heavy atom. The van der Waals surface area contributed by atoms with Gasteiger partial charge in [-0.3, -0.25) is 9.59 Å². The topological polar surface area (TPSA) is 112 Å². The molecule has 2 amide bonds. The van der Waals surface area contributed by atoms with Gasteiger partial charge in [-0.15, -0.1) is 0 Å². The Bertz CT molecular complexity index is 1080. The second-order valence-corrected chi connectivity index (χ2v) is 8.83. The van der Waals surface area contributed by atoms with Crippen LogP contribution in [-0.4, -0.2) is 45.2 Å². The second-order valence-electron chi connectivity index (χ2n) is 8.83. The first kappa shape index (κ1) is 24.9. The van der Waals surface area contributed by atoms with E-state index in [9.17, 15) is 14.4 Å². The second kappa shape index (κ2) is 10.5. The number of rotatable bonds is 7. The molecular weight excluding hydrogens is 440 g/mol. The number of fused-ring (bicyclic) bond motifs is 1. The van der Waals surface area contributed by atoms with Crippen molar-refractivity contribution in [3.63, 3.8) is 0 Å². The van der Waals surface area contributed by atoms with Gasteiger partial charge in [0.15, 0.2) is 18.1 Å². The number of nitrogens with one attached hydrogen (secondary N) is 2. The van der Waals surface area contributed by atoms with Crippen LogP contribution in [0.2, 0.25) is 0 Å². The molecule has 0 bridgehead atoms. The smallest absolute Gasteiger partial charge is 0.340 e. The lowest BCUT2D eigenvalue weighted by atomic mass is 9.95. The zero-order chi connectivity index (χ0) is 24.9. The highest BCUT2D eigenvalue weighted by atomic mass is 16.5. The zero-order valence-electron chi connectivity index (χ0n) is 20.0. The minimum Gasteiger partial charge on any atom is -0.493 e. The molecule has 9 heteroatoms. The molecule has 1 aliphatic heterocycles. The first-order valence-corrected chi connectivity index (χ1v) is 10.9. The predicted octanol–water partition coefficient (Wildman–Crippen LogP) is 3.49. The molecule has 0 spiro atoms. The van der Waals surface area contributed by atoms with Gasteiger partial charge in [-0.1, -0.05) is 39.0 Å². The first-order valence-electron chi connectivity index (χ1n) is 10.9. The molecule has 2 N–H and O–H groups in total. The summed E-state index contributed by atoms with van der Waals surface area (Å²) in [5, 5.41) is 5.61. The highest BCUT2D eigenvalue weighted by molar-refractivity contribution is 6.04. The zero-order valence-corrected chi connectivity index (χ0v) is 20.0. The fourth-order valence-electron chi connectivity index (χ4n) is 3.40. The molecule has 0 aliphatic carbocycles. The molecule has 0 saturated heterocycles. The summed E-state index contributed by atoms with van der Waals surface area (Å²) in [6.07, 6.45) is 0.607. The van der Waals surface area contributed by atoms with E-state index in [0.717, 1.165) is 11.3 Å². The summed E-state index contributed by atoms with van der Waals surface area (Å²) in [5.74, 6) is -0.195. The van der Waals surface area contributed by atoms with E-state index in [1.807, 2.05) is 24.3 Å². The quantitative estimate of drug-likeness (QED) is 0.596. The van der Waals surface area contributed by atoms with Crippen LogP contribution in [0.3, 0.4) is 0 Å². The molecule has 34 heavy (non-hydrogen) atoms. The van der Waals surface area contributed by atoms with Gasteiger partial charge in [0.25, 0.3) is 5.91 Å². The molecule has 2 aromatic carbocycles. The van der Waals surface area contributed by atoms with E-state index in [-0.39, 0.29) is 28.9 Å². The van der Waals surface area contributed by atoms with Gasteiger partial charge >= 0.3 is 5.97 Å². The highest BCUT2D eigenvalue weighted by Gasteiger charge is 2.27. The van der Waals surface area contributed by atoms with Crippen LogP contribution in [0, 0.1) is 5.41 Å². The van der Waals surface area contributed by atoms with E-state index >= 15 is 0 Å². The van der Waals surface area contributed by atoms with Crippen LogP contribution in [-0.2, 0) is 14.3 Å². The summed E-state index contributed by atoms with van der Waals surface area (Å²) >= 11 is 0. The molecule has 0 unspecified atom stereocenters. The van der Waals surface area contributed by atoms with Gasteiger partial charge < -0.3 is 29.6 Å². The number of anilines is 1. The molecule has 0 aromatic heterocycles. The minimum atomic E-state index is -0.785. The maximum absolute atomic E-state index is 12.9. The molecule has 1 atom stereocenters. The number of carbonyl (C=O) groups is 3. The van der Waals surface area contributed by atoms with Gasteiger partial charge in [0.2, 0.25) is 5.91 Å². The van der Waals surface area contributed by atoms with Crippen molar-refractivity contribution < 1.29 is 33.3 Å². The lowest BCUT2D eigenvalue weighted by molar-refractivity contribution is -0.125. The summed E-state index contributed by atoms with van der Waals surface area (Å²) in [6, 6.07) is 10.1. The number of esters is 1. The van der Waals surface area contributed by atoms with Gasteiger partial charge in [0.1, 0.15) is 5.75 Å². The van der Waals surface area contributed by atoms with Gasteiger partial charge in [-0.25, -0.2) is 4.79 Å². The summed E-state index contributed by atoms with van der Waals surface area (Å²) in [5.41, 5.74) is 0.412. The molecule has 182 valence electrons. The first-order chi connectivity index (χ1) is 16.1. The maximum atomic E-state index is 12.9. The molecule has 1 heterocycles. The van der Waals surface area contributed by atoms with Crippen molar-refractivity contribution in [3.8, 4) is 17.2 Å². The molecule has 2 aromatic rings. The van der Waals surface area contributed by atoms with Gasteiger partial charge in [-0.05, 0) is 6.07 Å². The summed E-state index contributed by atoms with van der Waals surface area (Å²) in [7, 11) is 2.88. The lowest BCUT2D eigenvalue weighted by Crippen LogP contribution is -2.35. The van der Waals surface area contributed by atoms with Crippen LogP contribution in [0.4, 0.5) is 5.69 Å². The minimum absolute atomic E-state index is 0.0412. The van der Waals surface area contributed by atoms with Crippen LogP contribution in [0.15, 0.2) is 36.4 Å². The highest BCUT2D eigenvalue weighted by Crippen LogP contribution is 2.35. The number of hydrogen-bond acceptors (Lipinski definition) is 7. The standard InChI is InChI=1S/C25H30N2O7/c1-25(2,3)24(30)27-18-13-21(32-5)20(31-4)12-16(18)23(29)34-14-22(28)26-17-10-11-33-19-9-7-6-8-15(17)19/h6-9,12-13,17H,10-11,14H2,1-5H3,(H,26,28)(H,27,30)/t17-/m1/s1. The van der Waals surface area contributed by atoms with Crippen LogP contribution < -0.4 is 24.8 Å². The maximum Gasteiger partial charge on any atom is 0.340 e. The van der Waals surface area contributed by atoms with Crippen molar-refractivity contribution in [2.24, 2.45) is 5.41 Å². The molecule has 0 saturated carbocycles. The third-order valence-corrected chi connectivity index (χ3v) is 5.30. The SMILES string of the molecule is COc1cc(NC(=O)C(C)(C)C)c(C(=O)OCC(=O)N[C@@H]2CCOc3ccccc32)cc1OC. The predicted molar refractivity (Wildman–Crippen MR) is 125 cm³/mol. The van der Waals surface area contributed by atoms with E-state index in [1.165, 1.54) is 26.4 Å². The molecule has 1 aliphatic rings. The number of carbonyl (C=O) groups excluding carboxylic acids is 3. The molecule has 9 nitrogen and oxygen atoms in total. The van der Waals surface area contributed by atoms with Gasteiger partial charge in [0, 0.05) is 29.5 Å². The Hall–Kier alpha value is -3.75. The fraction of sp³-hybridized carbons (Fsp3) is 0.400. The third kappa shape index (κ3) is 5.78. The third-order valence-electron chi connectivity index (χ3n) is 5.30. The Morgan fingerprint density at radius 2 is 1.74 bits per heavy atom. The summed E-state index contributed by atoms with van der Waals surface area (Å²) in [6.45, 7) is 5.24. The van der Waals surface area contributed by atoms with Gasteiger partial charge in [0.05, 0.1) is 38.1 Å². The van der Waals surface area contributed by atoms with Crippen molar-refractivity contribution in [1.82, 2.24) is 5.32 Å². The molecular formula is C25H30N2O7. The number of hydrogen-bond donors (Lipinski definition) is 2. The van der Waals surface area contributed by atoms with Crippen LogP contribution in [0.1, 0.15) is 49.2 Å². The van der Waals surface area contributed by atoms with Crippen LogP contribution >= 0.6 is 0 Å². The van der Waals surface area contributed by atoms with Gasteiger partial charge in [-0.2, -0.15) is 0 Å². The number of amides is 2. The van der Waals surface area contributed by atoms with E-state index in [2.05, 4.69) is 10.6 Å². The Balaban J connectivity index is 1.73. The number of para-hydroxylation sites is 1. The normalized spacial score (nSPS) is 14.8. The Kier molecular flexibility index (Phi) is 7.65. The van der Waals surface area contributed by atoms with Crippen molar-refractivity contribution >= 4 is 23.5 Å². The average Bonchev–Trinajstić information content (AvgIpc) is 2.81. The average molecular weight is 471 g/mol. The van der Waals surface area contributed by atoms with Crippen LogP contribution in [0.25, 0.3) is 0 Å². The summed E-state index contributed by atoms with van der Waals surface area (Å²) in [4.78, 5) is 38.0. The van der Waals surface area contributed by atoms with Crippen LogP contribution in [0.5, 0.6) is 17.2 Å². The van der Waals surface area contributed by atoms with E-state index in [4.69, 9.17) is 18.9 Å². The van der Waals surface area contributed by atoms with E-state index < -0.39 is 23.9 Å². The van der Waals surface area contributed by atoms with Crippen molar-refractivity contribution in [3.05, 3.63) is 47.5 Å². The summed E-state index contributed by atoms with van der Waals surface area (Å²) < 4.78 is 21.4. The van der Waals surface area contributed by atoms with Crippen molar-refractivity contribution in [2.45, 2.75) is 33.2 Å². The molecule has 3 rings (SSSR count). The molecule has 0 radical (unpaired) electrons. The molecule has 0 fully saturated rings. The number of ether oxygens (including phenoxy) is 4. The largest absolute Gasteiger partial charge is 0.493 e. The monoisotopic (exact) mass is 470 g/mol. The number of methoxy groups -OCH3 is 2. The number of benzene rings is 2. The van der Waals surface area contributed by atoms with E-state index in [0.29, 0.717) is 18.8 Å². The van der Waals surface area contributed by atoms with E-state index in [1.54, 1.807) is 20.8 Å². The van der Waals surface area contributed by atoms with Crippen molar-refractivity contribution in [1.29, 1.82) is 0 Å². The Morgan fingerprint density at radius 3 is 2.41 bits per heavy atom. The lowest BCUT2D eigenvalue weighted by Gasteiger charge is -2.26. The Labute approximate surface area is 198 Å².